The van der Waals surface area contributed by atoms with Crippen molar-refractivity contribution in [2.75, 3.05) is 31.1 Å². The van der Waals surface area contributed by atoms with Crippen LogP contribution in [0.4, 0.5) is 5.69 Å². The molecule has 5 heteroatoms. The summed E-state index contributed by atoms with van der Waals surface area (Å²) < 4.78 is 5.63. The predicted octanol–water partition coefficient (Wildman–Crippen LogP) is 2.32. The molecule has 1 aromatic rings. The van der Waals surface area contributed by atoms with Gasteiger partial charge in [0.05, 0.1) is 30.3 Å². The molecule has 0 spiro atoms. The number of aromatic nitrogens is 2. The standard InChI is InChI=1S/C16H28N4O/c1-5-6-17-9-14-15(10-18-16(19-14)12(2)3)20-7-8-21-13(4)11-20/h10,12-13,17H,5-9,11H2,1-4H3. The second kappa shape index (κ2) is 7.71. The van der Waals surface area contributed by atoms with Crippen LogP contribution >= 0.6 is 0 Å². The number of nitrogens with one attached hydrogen (secondary N) is 1. The van der Waals surface area contributed by atoms with Gasteiger partial charge in [0, 0.05) is 25.6 Å². The SMILES string of the molecule is CCCNCc1nc(C(C)C)ncc1N1CCOC(C)C1. The first-order valence-corrected chi connectivity index (χ1v) is 8.04. The lowest BCUT2D eigenvalue weighted by Crippen LogP contribution is -2.42. The van der Waals surface area contributed by atoms with Crippen LogP contribution in [0.3, 0.4) is 0 Å². The minimum atomic E-state index is 0.264. The number of hydrogen-bond donors (Lipinski definition) is 1. The van der Waals surface area contributed by atoms with E-state index in [2.05, 4.69) is 42.9 Å². The maximum absolute atomic E-state index is 5.63. The van der Waals surface area contributed by atoms with Crippen LogP contribution in [0.15, 0.2) is 6.20 Å². The van der Waals surface area contributed by atoms with Gasteiger partial charge in [0.1, 0.15) is 5.82 Å². The van der Waals surface area contributed by atoms with Crippen LogP contribution in [0.5, 0.6) is 0 Å². The van der Waals surface area contributed by atoms with Crippen molar-refractivity contribution in [3.05, 3.63) is 17.7 Å². The summed E-state index contributed by atoms with van der Waals surface area (Å²) in [4.78, 5) is 11.7. The molecule has 1 aliphatic heterocycles. The van der Waals surface area contributed by atoms with E-state index in [4.69, 9.17) is 9.72 Å². The first-order chi connectivity index (χ1) is 10.1. The second-order valence-corrected chi connectivity index (χ2v) is 6.02. The van der Waals surface area contributed by atoms with Crippen LogP contribution in [0.2, 0.25) is 0 Å². The summed E-state index contributed by atoms with van der Waals surface area (Å²) in [6.07, 6.45) is 3.38. The lowest BCUT2D eigenvalue weighted by Gasteiger charge is -2.33. The summed E-state index contributed by atoms with van der Waals surface area (Å²) in [5, 5.41) is 3.46. The Kier molecular flexibility index (Phi) is 5.94. The van der Waals surface area contributed by atoms with Crippen molar-refractivity contribution in [1.82, 2.24) is 15.3 Å². The third kappa shape index (κ3) is 4.38. The first kappa shape index (κ1) is 16.2. The van der Waals surface area contributed by atoms with Gasteiger partial charge in [-0.25, -0.2) is 9.97 Å². The van der Waals surface area contributed by atoms with Crippen molar-refractivity contribution < 1.29 is 4.74 Å². The number of hydrogen-bond acceptors (Lipinski definition) is 5. The molecular weight excluding hydrogens is 264 g/mol. The maximum atomic E-state index is 5.63. The third-order valence-electron chi connectivity index (χ3n) is 3.68. The molecule has 1 atom stereocenters. The molecule has 118 valence electrons. The molecular formula is C16H28N4O. The number of rotatable bonds is 6. The molecule has 0 saturated carbocycles. The fourth-order valence-electron chi connectivity index (χ4n) is 2.52. The Morgan fingerprint density at radius 3 is 2.95 bits per heavy atom. The summed E-state index contributed by atoms with van der Waals surface area (Å²) in [5.41, 5.74) is 2.26. The van der Waals surface area contributed by atoms with Crippen LogP contribution in [0, 0.1) is 0 Å². The molecule has 1 fully saturated rings. The van der Waals surface area contributed by atoms with E-state index in [1.807, 2.05) is 6.20 Å². The molecule has 0 radical (unpaired) electrons. The van der Waals surface area contributed by atoms with E-state index < -0.39 is 0 Å². The molecule has 1 saturated heterocycles. The number of morpholine rings is 1. The molecule has 0 aliphatic carbocycles. The molecule has 0 bridgehead atoms. The molecule has 1 unspecified atom stereocenters. The van der Waals surface area contributed by atoms with Crippen LogP contribution in [0.25, 0.3) is 0 Å². The average Bonchev–Trinajstić information content (AvgIpc) is 2.47. The zero-order chi connectivity index (χ0) is 15.2. The van der Waals surface area contributed by atoms with E-state index in [0.29, 0.717) is 5.92 Å². The highest BCUT2D eigenvalue weighted by molar-refractivity contribution is 5.49. The van der Waals surface area contributed by atoms with Gasteiger partial charge in [-0.05, 0) is 19.9 Å². The lowest BCUT2D eigenvalue weighted by molar-refractivity contribution is 0.0531. The highest BCUT2D eigenvalue weighted by Gasteiger charge is 2.21. The highest BCUT2D eigenvalue weighted by Crippen LogP contribution is 2.22. The molecule has 2 rings (SSSR count). The summed E-state index contributed by atoms with van der Waals surface area (Å²) >= 11 is 0. The van der Waals surface area contributed by atoms with Crippen LogP contribution in [-0.4, -0.2) is 42.3 Å². The average molecular weight is 292 g/mol. The van der Waals surface area contributed by atoms with Crippen molar-refractivity contribution in [3.63, 3.8) is 0 Å². The van der Waals surface area contributed by atoms with Gasteiger partial charge in [0.15, 0.2) is 0 Å². The zero-order valence-corrected chi connectivity index (χ0v) is 13.7. The van der Waals surface area contributed by atoms with E-state index in [1.165, 1.54) is 0 Å². The fourth-order valence-corrected chi connectivity index (χ4v) is 2.52. The molecule has 21 heavy (non-hydrogen) atoms. The van der Waals surface area contributed by atoms with E-state index in [0.717, 1.165) is 56.4 Å². The molecule has 1 aliphatic rings. The van der Waals surface area contributed by atoms with E-state index >= 15 is 0 Å². The van der Waals surface area contributed by atoms with Gasteiger partial charge in [-0.1, -0.05) is 20.8 Å². The third-order valence-corrected chi connectivity index (χ3v) is 3.68. The van der Waals surface area contributed by atoms with E-state index in [-0.39, 0.29) is 6.10 Å². The van der Waals surface area contributed by atoms with Gasteiger partial charge in [-0.2, -0.15) is 0 Å². The summed E-state index contributed by atoms with van der Waals surface area (Å²) in [5.74, 6) is 1.28. The van der Waals surface area contributed by atoms with Crippen molar-refractivity contribution in [1.29, 1.82) is 0 Å². The second-order valence-electron chi connectivity index (χ2n) is 6.02. The summed E-state index contributed by atoms with van der Waals surface area (Å²) in [7, 11) is 0. The topological polar surface area (TPSA) is 50.3 Å². The number of nitrogens with zero attached hydrogens (tertiary/aromatic N) is 3. The monoisotopic (exact) mass is 292 g/mol. The molecule has 0 aromatic carbocycles. The smallest absolute Gasteiger partial charge is 0.131 e. The molecule has 0 amide bonds. The Morgan fingerprint density at radius 1 is 1.48 bits per heavy atom. The maximum Gasteiger partial charge on any atom is 0.131 e. The highest BCUT2D eigenvalue weighted by atomic mass is 16.5. The Morgan fingerprint density at radius 2 is 2.29 bits per heavy atom. The molecule has 1 N–H and O–H groups in total. The Bertz CT molecular complexity index is 450. The van der Waals surface area contributed by atoms with Crippen LogP contribution in [-0.2, 0) is 11.3 Å². The minimum absolute atomic E-state index is 0.264. The largest absolute Gasteiger partial charge is 0.375 e. The summed E-state index contributed by atoms with van der Waals surface area (Å²) in [6.45, 7) is 13.0. The molecule has 5 nitrogen and oxygen atoms in total. The number of ether oxygens (including phenoxy) is 1. The van der Waals surface area contributed by atoms with Crippen molar-refractivity contribution in [2.24, 2.45) is 0 Å². The van der Waals surface area contributed by atoms with E-state index in [1.54, 1.807) is 0 Å². The Labute approximate surface area is 128 Å². The molecule has 1 aromatic heterocycles. The van der Waals surface area contributed by atoms with Gasteiger partial charge < -0.3 is 15.0 Å². The predicted molar refractivity (Wildman–Crippen MR) is 85.7 cm³/mol. The summed E-state index contributed by atoms with van der Waals surface area (Å²) in [6, 6.07) is 0. The van der Waals surface area contributed by atoms with Crippen molar-refractivity contribution in [3.8, 4) is 0 Å². The van der Waals surface area contributed by atoms with Gasteiger partial charge in [-0.3, -0.25) is 0 Å². The lowest BCUT2D eigenvalue weighted by atomic mass is 10.2. The molecule has 2 heterocycles. The first-order valence-electron chi connectivity index (χ1n) is 8.04. The van der Waals surface area contributed by atoms with Gasteiger partial charge >= 0.3 is 0 Å². The Hall–Kier alpha value is -1.20. The Balaban J connectivity index is 2.20. The van der Waals surface area contributed by atoms with Crippen molar-refractivity contribution >= 4 is 5.69 Å². The quantitative estimate of drug-likeness (QED) is 0.816. The van der Waals surface area contributed by atoms with Crippen LogP contribution in [0.1, 0.15) is 51.6 Å². The van der Waals surface area contributed by atoms with E-state index in [9.17, 15) is 0 Å². The van der Waals surface area contributed by atoms with Crippen molar-refractivity contribution in [2.45, 2.75) is 52.7 Å². The fraction of sp³-hybridized carbons (Fsp3) is 0.750. The van der Waals surface area contributed by atoms with Gasteiger partial charge in [0.25, 0.3) is 0 Å². The van der Waals surface area contributed by atoms with Gasteiger partial charge in [-0.15, -0.1) is 0 Å². The van der Waals surface area contributed by atoms with Crippen LogP contribution < -0.4 is 10.2 Å². The normalized spacial score (nSPS) is 19.3. The number of anilines is 1. The zero-order valence-electron chi connectivity index (χ0n) is 13.7. The minimum Gasteiger partial charge on any atom is -0.375 e. The van der Waals surface area contributed by atoms with Gasteiger partial charge in [0.2, 0.25) is 0 Å².